The minimum Gasteiger partial charge on any atom is -0.355 e. The lowest BCUT2D eigenvalue weighted by Crippen LogP contribution is -2.27. The molecule has 1 aliphatic rings. The summed E-state index contributed by atoms with van der Waals surface area (Å²) in [6.07, 6.45) is 5.29. The van der Waals surface area contributed by atoms with Crippen LogP contribution in [0.1, 0.15) is 11.4 Å². The summed E-state index contributed by atoms with van der Waals surface area (Å²) in [5.41, 5.74) is 2.36. The summed E-state index contributed by atoms with van der Waals surface area (Å²) in [6.45, 7) is 1.77. The monoisotopic (exact) mass is 327 g/mol. The lowest BCUT2D eigenvalue weighted by atomic mass is 10.2. The molecule has 7 heteroatoms. The average molecular weight is 329 g/mol. The van der Waals surface area contributed by atoms with Gasteiger partial charge >= 0.3 is 0 Å². The first-order valence-electron chi connectivity index (χ1n) is 5.68. The van der Waals surface area contributed by atoms with Crippen LogP contribution in [0, 0.1) is 0 Å². The predicted molar refractivity (Wildman–Crippen MR) is 73.0 cm³/mol. The molecule has 0 atom stereocenters. The second-order valence-electron chi connectivity index (χ2n) is 4.13. The van der Waals surface area contributed by atoms with Crippen LogP contribution in [-0.4, -0.2) is 33.0 Å². The summed E-state index contributed by atoms with van der Waals surface area (Å²) in [5, 5.41) is 0.272. The van der Waals surface area contributed by atoms with Crippen LogP contribution in [0.3, 0.4) is 0 Å². The predicted octanol–water partition coefficient (Wildman–Crippen LogP) is 2.22. The fraction of sp³-hybridized carbons (Fsp3) is 0.364. The molecular formula is C11H11BrClN5. The van der Waals surface area contributed by atoms with E-state index in [4.69, 9.17) is 11.6 Å². The number of halogens is 2. The molecule has 5 nitrogen and oxygen atoms in total. The highest BCUT2D eigenvalue weighted by atomic mass is 79.9. The number of imidazole rings is 1. The van der Waals surface area contributed by atoms with Crippen LogP contribution in [0.15, 0.2) is 17.0 Å². The van der Waals surface area contributed by atoms with Crippen LogP contribution < -0.4 is 4.90 Å². The van der Waals surface area contributed by atoms with Gasteiger partial charge in [0.05, 0.1) is 16.5 Å². The van der Waals surface area contributed by atoms with E-state index in [0.717, 1.165) is 41.9 Å². The number of anilines is 1. The topological polar surface area (TPSA) is 57.7 Å². The zero-order valence-electron chi connectivity index (χ0n) is 9.53. The van der Waals surface area contributed by atoms with Crippen molar-refractivity contribution >= 4 is 33.3 Å². The fourth-order valence-corrected chi connectivity index (χ4v) is 2.72. The Balaban J connectivity index is 1.86. The highest BCUT2D eigenvalue weighted by molar-refractivity contribution is 9.10. The van der Waals surface area contributed by atoms with Crippen LogP contribution in [-0.2, 0) is 12.8 Å². The number of rotatable bonds is 1. The molecule has 0 aliphatic carbocycles. The van der Waals surface area contributed by atoms with E-state index in [0.29, 0.717) is 0 Å². The van der Waals surface area contributed by atoms with Gasteiger partial charge in [0.1, 0.15) is 5.82 Å². The molecule has 0 amide bonds. The molecule has 2 aromatic heterocycles. The molecule has 94 valence electrons. The number of aromatic amines is 1. The van der Waals surface area contributed by atoms with E-state index in [1.807, 2.05) is 0 Å². The van der Waals surface area contributed by atoms with Crippen molar-refractivity contribution in [2.45, 2.75) is 12.8 Å². The summed E-state index contributed by atoms with van der Waals surface area (Å²) in [5.74, 6) is 0.847. The van der Waals surface area contributed by atoms with Crippen molar-refractivity contribution in [3.05, 3.63) is 33.7 Å². The first kappa shape index (κ1) is 11.9. The first-order valence-corrected chi connectivity index (χ1v) is 6.85. The molecule has 0 saturated heterocycles. The first-order chi connectivity index (χ1) is 8.74. The van der Waals surface area contributed by atoms with Gasteiger partial charge in [-0.3, -0.25) is 0 Å². The van der Waals surface area contributed by atoms with Gasteiger partial charge < -0.3 is 9.88 Å². The average Bonchev–Trinajstić information content (AvgIpc) is 2.72. The smallest absolute Gasteiger partial charge is 0.224 e. The van der Waals surface area contributed by atoms with Crippen molar-refractivity contribution in [2.75, 3.05) is 18.0 Å². The molecule has 0 fully saturated rings. The number of H-pyrrole nitrogens is 1. The van der Waals surface area contributed by atoms with Gasteiger partial charge in [0.15, 0.2) is 0 Å². The van der Waals surface area contributed by atoms with Crippen LogP contribution in [0.2, 0.25) is 5.28 Å². The van der Waals surface area contributed by atoms with E-state index in [1.54, 1.807) is 12.5 Å². The van der Waals surface area contributed by atoms with Gasteiger partial charge in [-0.2, -0.15) is 4.98 Å². The molecule has 0 radical (unpaired) electrons. The maximum Gasteiger partial charge on any atom is 0.224 e. The Labute approximate surface area is 118 Å². The third-order valence-electron chi connectivity index (χ3n) is 3.05. The summed E-state index contributed by atoms with van der Waals surface area (Å²) < 4.78 is 0.866. The van der Waals surface area contributed by atoms with Gasteiger partial charge in [-0.15, -0.1) is 0 Å². The maximum absolute atomic E-state index is 5.86. The molecule has 0 aromatic carbocycles. The van der Waals surface area contributed by atoms with Gasteiger partial charge in [-0.1, -0.05) is 0 Å². The van der Waals surface area contributed by atoms with Crippen LogP contribution >= 0.6 is 27.5 Å². The second kappa shape index (κ2) is 4.85. The van der Waals surface area contributed by atoms with Gasteiger partial charge in [-0.05, 0) is 27.5 Å². The molecule has 0 spiro atoms. The number of nitrogens with zero attached hydrogens (tertiary/aromatic N) is 4. The van der Waals surface area contributed by atoms with Crippen LogP contribution in [0.25, 0.3) is 0 Å². The quantitative estimate of drug-likeness (QED) is 0.816. The number of aromatic nitrogens is 4. The zero-order valence-corrected chi connectivity index (χ0v) is 11.9. The summed E-state index contributed by atoms with van der Waals surface area (Å²) >= 11 is 9.33. The number of fused-ring (bicyclic) bond motifs is 1. The number of nitrogens with one attached hydrogen (secondary N) is 1. The lowest BCUT2D eigenvalue weighted by molar-refractivity contribution is 0.775. The molecule has 0 saturated carbocycles. The van der Waals surface area contributed by atoms with Gasteiger partial charge in [-0.25, -0.2) is 9.97 Å². The standard InChI is InChI=1S/C11H11BrClN5/c12-7-5-14-11(13)17-10(7)18-3-1-8-9(2-4-18)16-6-15-8/h5-6H,1-4H2,(H,15,16). The van der Waals surface area contributed by atoms with Gasteiger partial charge in [0.25, 0.3) is 0 Å². The van der Waals surface area contributed by atoms with E-state index in [2.05, 4.69) is 40.8 Å². The van der Waals surface area contributed by atoms with Crippen molar-refractivity contribution in [2.24, 2.45) is 0 Å². The zero-order chi connectivity index (χ0) is 12.5. The van der Waals surface area contributed by atoms with E-state index >= 15 is 0 Å². The lowest BCUT2D eigenvalue weighted by Gasteiger charge is -2.22. The molecule has 18 heavy (non-hydrogen) atoms. The molecule has 1 aliphatic heterocycles. The molecule has 0 unspecified atom stereocenters. The molecule has 1 N–H and O–H groups in total. The van der Waals surface area contributed by atoms with Crippen molar-refractivity contribution < 1.29 is 0 Å². The molecule has 2 aromatic rings. The van der Waals surface area contributed by atoms with Gasteiger partial charge in [0.2, 0.25) is 5.28 Å². The molecule has 3 heterocycles. The largest absolute Gasteiger partial charge is 0.355 e. The summed E-state index contributed by atoms with van der Waals surface area (Å²) in [4.78, 5) is 18.0. The van der Waals surface area contributed by atoms with Crippen LogP contribution in [0.5, 0.6) is 0 Å². The van der Waals surface area contributed by atoms with Gasteiger partial charge in [0, 0.05) is 37.8 Å². The third kappa shape index (κ3) is 2.22. The Morgan fingerprint density at radius 3 is 3.00 bits per heavy atom. The Morgan fingerprint density at radius 2 is 2.11 bits per heavy atom. The van der Waals surface area contributed by atoms with Crippen molar-refractivity contribution in [1.82, 2.24) is 19.9 Å². The Morgan fingerprint density at radius 1 is 1.28 bits per heavy atom. The highest BCUT2D eigenvalue weighted by Crippen LogP contribution is 2.26. The minimum absolute atomic E-state index is 0.272. The van der Waals surface area contributed by atoms with E-state index in [1.165, 1.54) is 5.69 Å². The Kier molecular flexibility index (Phi) is 3.22. The van der Waals surface area contributed by atoms with Crippen molar-refractivity contribution in [3.8, 4) is 0 Å². The normalized spacial score (nSPS) is 15.3. The maximum atomic E-state index is 5.86. The number of hydrogen-bond donors (Lipinski definition) is 1. The molecular weight excluding hydrogens is 318 g/mol. The van der Waals surface area contributed by atoms with E-state index in [9.17, 15) is 0 Å². The van der Waals surface area contributed by atoms with E-state index < -0.39 is 0 Å². The molecule has 3 rings (SSSR count). The minimum atomic E-state index is 0.272. The Bertz CT molecular complexity index is 548. The third-order valence-corrected chi connectivity index (χ3v) is 3.79. The van der Waals surface area contributed by atoms with Crippen molar-refractivity contribution in [1.29, 1.82) is 0 Å². The SMILES string of the molecule is Clc1ncc(Br)c(N2CCc3nc[nH]c3CC2)n1. The second-order valence-corrected chi connectivity index (χ2v) is 5.32. The van der Waals surface area contributed by atoms with Crippen molar-refractivity contribution in [3.63, 3.8) is 0 Å². The summed E-state index contributed by atoms with van der Waals surface area (Å²) in [6, 6.07) is 0. The number of hydrogen-bond acceptors (Lipinski definition) is 4. The fourth-order valence-electron chi connectivity index (χ4n) is 2.15. The highest BCUT2D eigenvalue weighted by Gasteiger charge is 2.19. The van der Waals surface area contributed by atoms with E-state index in [-0.39, 0.29) is 5.28 Å². The molecule has 0 bridgehead atoms. The summed E-state index contributed by atoms with van der Waals surface area (Å²) in [7, 11) is 0. The van der Waals surface area contributed by atoms with Crippen LogP contribution in [0.4, 0.5) is 5.82 Å². The Hall–Kier alpha value is -1.14.